The third-order valence-corrected chi connectivity index (χ3v) is 4.84. The van der Waals surface area contributed by atoms with Gasteiger partial charge in [0.25, 0.3) is 5.91 Å². The molecule has 5 nitrogen and oxygen atoms in total. The largest absolute Gasteiger partial charge is 0.452 e. The minimum absolute atomic E-state index is 0.124. The summed E-state index contributed by atoms with van der Waals surface area (Å²) in [5, 5.41) is 2.69. The van der Waals surface area contributed by atoms with Crippen molar-refractivity contribution < 1.29 is 19.1 Å². The summed E-state index contributed by atoms with van der Waals surface area (Å²) in [6.07, 6.45) is 1.94. The van der Waals surface area contributed by atoms with Crippen LogP contribution in [0.25, 0.3) is 0 Å². The maximum Gasteiger partial charge on any atom is 0.339 e. The Bertz CT molecular complexity index is 1030. The van der Waals surface area contributed by atoms with Crippen LogP contribution in [0.1, 0.15) is 26.3 Å². The average molecular weight is 405 g/mol. The van der Waals surface area contributed by atoms with Crippen LogP contribution in [-0.2, 0) is 9.53 Å². The Kier molecular flexibility index (Phi) is 6.81. The second-order valence-corrected chi connectivity index (χ2v) is 6.98. The molecule has 0 unspecified atom stereocenters. The number of ketones is 1. The lowest BCUT2D eigenvalue weighted by molar-refractivity contribution is -0.119. The van der Waals surface area contributed by atoms with Gasteiger partial charge in [-0.05, 0) is 30.5 Å². The molecule has 0 aliphatic carbocycles. The van der Waals surface area contributed by atoms with Crippen LogP contribution in [0, 0.1) is 0 Å². The predicted octanol–water partition coefficient (Wildman–Crippen LogP) is 4.44. The maximum absolute atomic E-state index is 12.7. The molecule has 0 radical (unpaired) electrons. The predicted molar refractivity (Wildman–Crippen MR) is 113 cm³/mol. The minimum atomic E-state index is -0.724. The lowest BCUT2D eigenvalue weighted by atomic mass is 9.98. The number of carbonyl (C=O) groups is 3. The highest BCUT2D eigenvalue weighted by molar-refractivity contribution is 7.98. The number of anilines is 1. The Morgan fingerprint density at radius 3 is 2.28 bits per heavy atom. The van der Waals surface area contributed by atoms with E-state index in [9.17, 15) is 14.4 Å². The molecule has 3 aromatic rings. The average Bonchev–Trinajstić information content (AvgIpc) is 2.77. The zero-order chi connectivity index (χ0) is 20.6. The van der Waals surface area contributed by atoms with E-state index in [-0.39, 0.29) is 16.9 Å². The van der Waals surface area contributed by atoms with Gasteiger partial charge in [0.05, 0.1) is 5.56 Å². The number of ether oxygens (including phenoxy) is 1. The third-order valence-electron chi connectivity index (χ3n) is 4.12. The molecule has 0 aromatic heterocycles. The summed E-state index contributed by atoms with van der Waals surface area (Å²) in [6.45, 7) is -0.448. The number of esters is 1. The van der Waals surface area contributed by atoms with Gasteiger partial charge in [-0.3, -0.25) is 9.59 Å². The first-order valence-corrected chi connectivity index (χ1v) is 10.1. The molecule has 0 fully saturated rings. The molecule has 0 saturated heterocycles. The van der Waals surface area contributed by atoms with E-state index < -0.39 is 18.5 Å². The van der Waals surface area contributed by atoms with E-state index in [1.807, 2.05) is 30.5 Å². The van der Waals surface area contributed by atoms with Crippen molar-refractivity contribution in [3.05, 3.63) is 95.6 Å². The van der Waals surface area contributed by atoms with Gasteiger partial charge in [-0.2, -0.15) is 0 Å². The molecule has 0 saturated carbocycles. The normalized spacial score (nSPS) is 10.2. The fourth-order valence-corrected chi connectivity index (χ4v) is 3.17. The molecule has 0 aliphatic rings. The molecule has 3 aromatic carbocycles. The van der Waals surface area contributed by atoms with E-state index in [0.29, 0.717) is 11.3 Å². The van der Waals surface area contributed by atoms with Gasteiger partial charge in [0.15, 0.2) is 12.4 Å². The molecule has 0 heterocycles. The SMILES string of the molecule is CSc1cccc(NC(=O)COC(=O)c2ccccc2C(=O)c2ccccc2)c1. The summed E-state index contributed by atoms with van der Waals surface area (Å²) in [6, 6.07) is 22.4. The van der Waals surface area contributed by atoms with Gasteiger partial charge in [0, 0.05) is 21.7 Å². The Hall–Kier alpha value is -3.38. The molecule has 0 aliphatic heterocycles. The number of carbonyl (C=O) groups excluding carboxylic acids is 3. The number of amides is 1. The second kappa shape index (κ2) is 9.71. The zero-order valence-electron chi connectivity index (χ0n) is 15.8. The topological polar surface area (TPSA) is 72.5 Å². The van der Waals surface area contributed by atoms with Crippen molar-refractivity contribution in [1.29, 1.82) is 0 Å². The zero-order valence-corrected chi connectivity index (χ0v) is 16.6. The highest BCUT2D eigenvalue weighted by Crippen LogP contribution is 2.19. The monoisotopic (exact) mass is 405 g/mol. The van der Waals surface area contributed by atoms with E-state index >= 15 is 0 Å². The number of benzene rings is 3. The van der Waals surface area contributed by atoms with Gasteiger partial charge in [-0.25, -0.2) is 4.79 Å². The molecule has 6 heteroatoms. The molecular formula is C23H19NO4S. The summed E-state index contributed by atoms with van der Waals surface area (Å²) >= 11 is 1.56. The summed E-state index contributed by atoms with van der Waals surface area (Å²) < 4.78 is 5.14. The van der Waals surface area contributed by atoms with Crippen LogP contribution < -0.4 is 5.32 Å². The number of hydrogen-bond acceptors (Lipinski definition) is 5. The number of rotatable bonds is 7. The van der Waals surface area contributed by atoms with Crippen molar-refractivity contribution in [1.82, 2.24) is 0 Å². The van der Waals surface area contributed by atoms with Gasteiger partial charge < -0.3 is 10.1 Å². The summed E-state index contributed by atoms with van der Waals surface area (Å²) in [5.74, 6) is -1.46. The van der Waals surface area contributed by atoms with E-state index in [1.54, 1.807) is 60.3 Å². The van der Waals surface area contributed by atoms with Crippen LogP contribution in [0.4, 0.5) is 5.69 Å². The highest BCUT2D eigenvalue weighted by atomic mass is 32.2. The van der Waals surface area contributed by atoms with E-state index in [1.165, 1.54) is 6.07 Å². The first-order chi connectivity index (χ1) is 14.1. The van der Waals surface area contributed by atoms with Gasteiger partial charge >= 0.3 is 5.97 Å². The molecule has 0 spiro atoms. The van der Waals surface area contributed by atoms with Crippen molar-refractivity contribution in [2.24, 2.45) is 0 Å². The fraction of sp³-hybridized carbons (Fsp3) is 0.0870. The minimum Gasteiger partial charge on any atom is -0.452 e. The van der Waals surface area contributed by atoms with Gasteiger partial charge in [-0.15, -0.1) is 11.8 Å². The van der Waals surface area contributed by atoms with Gasteiger partial charge in [0.1, 0.15) is 0 Å². The third kappa shape index (κ3) is 5.33. The summed E-state index contributed by atoms with van der Waals surface area (Å²) in [7, 11) is 0. The van der Waals surface area contributed by atoms with Gasteiger partial charge in [0.2, 0.25) is 0 Å². The van der Waals surface area contributed by atoms with Crippen LogP contribution in [0.2, 0.25) is 0 Å². The van der Waals surface area contributed by atoms with E-state index in [4.69, 9.17) is 4.74 Å². The van der Waals surface area contributed by atoms with Crippen molar-refractivity contribution in [3.63, 3.8) is 0 Å². The molecule has 0 bridgehead atoms. The number of hydrogen-bond donors (Lipinski definition) is 1. The van der Waals surface area contributed by atoms with Crippen LogP contribution in [0.3, 0.4) is 0 Å². The Morgan fingerprint density at radius 2 is 1.55 bits per heavy atom. The van der Waals surface area contributed by atoms with Crippen molar-refractivity contribution in [3.8, 4) is 0 Å². The maximum atomic E-state index is 12.7. The quantitative estimate of drug-likeness (QED) is 0.358. The van der Waals surface area contributed by atoms with Gasteiger partial charge in [-0.1, -0.05) is 54.6 Å². The number of nitrogens with one attached hydrogen (secondary N) is 1. The van der Waals surface area contributed by atoms with Crippen molar-refractivity contribution in [2.45, 2.75) is 4.90 Å². The van der Waals surface area contributed by atoms with Crippen LogP contribution in [0.5, 0.6) is 0 Å². The molecule has 3 rings (SSSR count). The lowest BCUT2D eigenvalue weighted by Gasteiger charge is -2.10. The number of thioether (sulfide) groups is 1. The van der Waals surface area contributed by atoms with Crippen molar-refractivity contribution in [2.75, 3.05) is 18.2 Å². The Morgan fingerprint density at radius 1 is 0.862 bits per heavy atom. The van der Waals surface area contributed by atoms with Crippen LogP contribution in [0.15, 0.2) is 83.8 Å². The summed E-state index contributed by atoms with van der Waals surface area (Å²) in [5.41, 5.74) is 1.45. The molecule has 1 amide bonds. The van der Waals surface area contributed by atoms with E-state index in [0.717, 1.165) is 4.90 Å². The fourth-order valence-electron chi connectivity index (χ4n) is 2.71. The molecular weight excluding hydrogens is 386 g/mol. The van der Waals surface area contributed by atoms with Crippen molar-refractivity contribution >= 4 is 35.1 Å². The molecule has 146 valence electrons. The standard InChI is InChI=1S/C23H19NO4S/c1-29-18-11-7-10-17(14-18)24-21(25)15-28-23(27)20-13-6-5-12-19(20)22(26)16-8-3-2-4-9-16/h2-14H,15H2,1H3,(H,24,25). The molecule has 29 heavy (non-hydrogen) atoms. The molecule has 1 N–H and O–H groups in total. The lowest BCUT2D eigenvalue weighted by Crippen LogP contribution is -2.22. The van der Waals surface area contributed by atoms with Crippen LogP contribution >= 0.6 is 11.8 Å². The first kappa shape index (κ1) is 20.4. The highest BCUT2D eigenvalue weighted by Gasteiger charge is 2.19. The Balaban J connectivity index is 1.67. The molecule has 0 atom stereocenters. The van der Waals surface area contributed by atoms with Crippen LogP contribution in [-0.4, -0.2) is 30.5 Å². The van der Waals surface area contributed by atoms with E-state index in [2.05, 4.69) is 5.32 Å². The second-order valence-electron chi connectivity index (χ2n) is 6.10. The first-order valence-electron chi connectivity index (χ1n) is 8.88. The smallest absolute Gasteiger partial charge is 0.339 e. The Labute approximate surface area is 173 Å². The summed E-state index contributed by atoms with van der Waals surface area (Å²) in [4.78, 5) is 38.4.